The van der Waals surface area contributed by atoms with Crippen molar-refractivity contribution in [1.82, 2.24) is 5.32 Å². The van der Waals surface area contributed by atoms with Crippen molar-refractivity contribution in [2.24, 2.45) is 0 Å². The van der Waals surface area contributed by atoms with E-state index >= 15 is 0 Å². The summed E-state index contributed by atoms with van der Waals surface area (Å²) in [6.07, 6.45) is 0.310. The molecular weight excluding hydrogens is 234 g/mol. The van der Waals surface area contributed by atoms with Gasteiger partial charge in [-0.2, -0.15) is 0 Å². The topological polar surface area (TPSA) is 38.3 Å². The molecule has 1 saturated heterocycles. The minimum absolute atomic E-state index is 0.0436. The van der Waals surface area contributed by atoms with E-state index in [1.54, 1.807) is 0 Å². The van der Waals surface area contributed by atoms with Gasteiger partial charge >= 0.3 is 0 Å². The first-order valence-corrected chi connectivity index (χ1v) is 4.75. The summed E-state index contributed by atoms with van der Waals surface area (Å²) in [7, 11) is 0. The number of benzene rings is 1. The first kappa shape index (κ1) is 8.56. The van der Waals surface area contributed by atoms with Gasteiger partial charge in [0.1, 0.15) is 5.75 Å². The number of amides is 1. The van der Waals surface area contributed by atoms with Crippen molar-refractivity contribution in [3.63, 3.8) is 0 Å². The maximum atomic E-state index is 10.6. The second-order valence-corrected chi connectivity index (χ2v) is 3.75. The molecule has 3 nitrogen and oxygen atoms in total. The van der Waals surface area contributed by atoms with Crippen LogP contribution in [0.2, 0.25) is 0 Å². The molecule has 1 aromatic rings. The Kier molecular flexibility index (Phi) is 2.22. The van der Waals surface area contributed by atoms with Gasteiger partial charge in [0, 0.05) is 4.47 Å². The molecule has 0 saturated carbocycles. The lowest BCUT2D eigenvalue weighted by Crippen LogP contribution is -2.51. The number of ether oxygens (including phenoxy) is 1. The van der Waals surface area contributed by atoms with E-state index in [1.165, 1.54) is 0 Å². The van der Waals surface area contributed by atoms with Gasteiger partial charge in [0.2, 0.25) is 5.91 Å². The van der Waals surface area contributed by atoms with Gasteiger partial charge in [-0.3, -0.25) is 4.79 Å². The van der Waals surface area contributed by atoms with Gasteiger partial charge in [0.05, 0.1) is 6.42 Å². The lowest BCUT2D eigenvalue weighted by molar-refractivity contribution is -0.134. The standard InChI is InChI=1S/C9H8BrNO2/c10-6-1-3-7(4-2-6)13-9-5-8(12)11-9/h1-4,9H,5H2,(H,11,12). The number of nitrogens with one attached hydrogen (secondary N) is 1. The van der Waals surface area contributed by atoms with Crippen molar-refractivity contribution in [3.05, 3.63) is 28.7 Å². The average molecular weight is 242 g/mol. The molecule has 1 N–H and O–H groups in total. The molecule has 0 spiro atoms. The average Bonchev–Trinajstić information content (AvgIpc) is 2.06. The van der Waals surface area contributed by atoms with Gasteiger partial charge in [-0.25, -0.2) is 0 Å². The van der Waals surface area contributed by atoms with E-state index in [4.69, 9.17) is 4.74 Å². The highest BCUT2D eigenvalue weighted by atomic mass is 79.9. The lowest BCUT2D eigenvalue weighted by Gasteiger charge is -2.27. The Bertz CT molecular complexity index is 315. The predicted octanol–water partition coefficient (Wildman–Crippen LogP) is 1.67. The minimum Gasteiger partial charge on any atom is -0.470 e. The summed E-state index contributed by atoms with van der Waals surface area (Å²) in [5, 5.41) is 2.63. The fraction of sp³-hybridized carbons (Fsp3) is 0.222. The summed E-state index contributed by atoms with van der Waals surface area (Å²) in [6.45, 7) is 0. The molecule has 2 rings (SSSR count). The van der Waals surface area contributed by atoms with Crippen molar-refractivity contribution in [3.8, 4) is 5.75 Å². The van der Waals surface area contributed by atoms with Crippen LogP contribution in [0.5, 0.6) is 5.75 Å². The monoisotopic (exact) mass is 241 g/mol. The first-order valence-electron chi connectivity index (χ1n) is 3.95. The second kappa shape index (κ2) is 3.38. The smallest absolute Gasteiger partial charge is 0.228 e. The minimum atomic E-state index is -0.145. The maximum Gasteiger partial charge on any atom is 0.228 e. The highest BCUT2D eigenvalue weighted by Gasteiger charge is 2.26. The summed E-state index contributed by atoms with van der Waals surface area (Å²) in [5.41, 5.74) is 0. The van der Waals surface area contributed by atoms with Crippen LogP contribution >= 0.6 is 15.9 Å². The molecule has 1 aliphatic rings. The van der Waals surface area contributed by atoms with Crippen LogP contribution in [0, 0.1) is 0 Å². The quantitative estimate of drug-likeness (QED) is 0.801. The summed E-state index contributed by atoms with van der Waals surface area (Å²) in [4.78, 5) is 10.6. The molecule has 68 valence electrons. The number of hydrogen-bond donors (Lipinski definition) is 1. The van der Waals surface area contributed by atoms with E-state index in [9.17, 15) is 4.79 Å². The number of hydrogen-bond acceptors (Lipinski definition) is 2. The number of rotatable bonds is 2. The lowest BCUT2D eigenvalue weighted by atomic mass is 10.2. The fourth-order valence-corrected chi connectivity index (χ4v) is 1.34. The third-order valence-electron chi connectivity index (χ3n) is 1.78. The van der Waals surface area contributed by atoms with Crippen molar-refractivity contribution >= 4 is 21.8 Å². The molecule has 13 heavy (non-hydrogen) atoms. The molecule has 1 unspecified atom stereocenters. The van der Waals surface area contributed by atoms with Crippen molar-refractivity contribution in [1.29, 1.82) is 0 Å². The molecule has 4 heteroatoms. The van der Waals surface area contributed by atoms with Gasteiger partial charge in [-0.15, -0.1) is 0 Å². The number of carbonyl (C=O) groups excluding carboxylic acids is 1. The van der Waals surface area contributed by atoms with Gasteiger partial charge in [0.15, 0.2) is 6.23 Å². The summed E-state index contributed by atoms with van der Waals surface area (Å²) in [6, 6.07) is 7.51. The summed E-state index contributed by atoms with van der Waals surface area (Å²) >= 11 is 3.33. The molecule has 0 radical (unpaired) electrons. The van der Waals surface area contributed by atoms with E-state index in [1.807, 2.05) is 24.3 Å². The molecular formula is C9H8BrNO2. The molecule has 1 atom stereocenters. The third kappa shape index (κ3) is 2.01. The fourth-order valence-electron chi connectivity index (χ4n) is 1.08. The maximum absolute atomic E-state index is 10.6. The summed E-state index contributed by atoms with van der Waals surface area (Å²) in [5.74, 6) is 0.815. The van der Waals surface area contributed by atoms with Crippen molar-refractivity contribution in [2.75, 3.05) is 0 Å². The van der Waals surface area contributed by atoms with Crippen LogP contribution in [0.3, 0.4) is 0 Å². The highest BCUT2D eigenvalue weighted by Crippen LogP contribution is 2.19. The van der Waals surface area contributed by atoms with Gasteiger partial charge in [0.25, 0.3) is 0 Å². The Morgan fingerprint density at radius 1 is 1.38 bits per heavy atom. The zero-order chi connectivity index (χ0) is 9.26. The molecule has 1 fully saturated rings. The van der Waals surface area contributed by atoms with Gasteiger partial charge in [-0.05, 0) is 24.3 Å². The molecule has 0 aliphatic carbocycles. The molecule has 0 aromatic heterocycles. The van der Waals surface area contributed by atoms with Crippen molar-refractivity contribution in [2.45, 2.75) is 12.6 Å². The van der Waals surface area contributed by atoms with Gasteiger partial charge in [-0.1, -0.05) is 15.9 Å². The van der Waals surface area contributed by atoms with E-state index in [2.05, 4.69) is 21.2 Å². The SMILES string of the molecule is O=C1CC(Oc2ccc(Br)cc2)N1. The van der Waals surface area contributed by atoms with E-state index < -0.39 is 0 Å². The zero-order valence-electron chi connectivity index (χ0n) is 6.79. The zero-order valence-corrected chi connectivity index (χ0v) is 8.37. The van der Waals surface area contributed by atoms with Crippen LogP contribution in [0.4, 0.5) is 0 Å². The molecule has 0 bridgehead atoms. The van der Waals surface area contributed by atoms with Crippen LogP contribution in [0.1, 0.15) is 6.42 Å². The Morgan fingerprint density at radius 2 is 2.00 bits per heavy atom. The van der Waals surface area contributed by atoms with E-state index in [-0.39, 0.29) is 12.1 Å². The molecule has 1 aliphatic heterocycles. The second-order valence-electron chi connectivity index (χ2n) is 2.83. The van der Waals surface area contributed by atoms with Crippen LogP contribution in [0.25, 0.3) is 0 Å². The Hall–Kier alpha value is -1.03. The Labute approximate surface area is 84.2 Å². The van der Waals surface area contributed by atoms with Crippen LogP contribution < -0.4 is 10.1 Å². The van der Waals surface area contributed by atoms with Crippen LogP contribution in [-0.4, -0.2) is 12.1 Å². The number of carbonyl (C=O) groups is 1. The predicted molar refractivity (Wildman–Crippen MR) is 51.3 cm³/mol. The summed E-state index contributed by atoms with van der Waals surface area (Å²) < 4.78 is 6.43. The Balaban J connectivity index is 1.95. The third-order valence-corrected chi connectivity index (χ3v) is 2.31. The van der Waals surface area contributed by atoms with Gasteiger partial charge < -0.3 is 10.1 Å². The first-order chi connectivity index (χ1) is 6.24. The molecule has 1 amide bonds. The van der Waals surface area contributed by atoms with Crippen LogP contribution in [-0.2, 0) is 4.79 Å². The van der Waals surface area contributed by atoms with E-state index in [0.29, 0.717) is 6.42 Å². The highest BCUT2D eigenvalue weighted by molar-refractivity contribution is 9.10. The van der Waals surface area contributed by atoms with Crippen molar-refractivity contribution < 1.29 is 9.53 Å². The normalized spacial score (nSPS) is 20.4. The molecule has 1 aromatic carbocycles. The van der Waals surface area contributed by atoms with Crippen LogP contribution in [0.15, 0.2) is 28.7 Å². The number of β-lactam (4-membered cyclic amide) rings is 1. The largest absolute Gasteiger partial charge is 0.470 e. The molecule has 1 heterocycles. The number of halogens is 1. The van der Waals surface area contributed by atoms with E-state index in [0.717, 1.165) is 10.2 Å². The Morgan fingerprint density at radius 3 is 2.54 bits per heavy atom.